The summed E-state index contributed by atoms with van der Waals surface area (Å²) in [5.41, 5.74) is 0. The number of carbonyl (C=O) groups excluding carboxylic acids is 1. The lowest BCUT2D eigenvalue weighted by molar-refractivity contribution is -0.517. The molecule has 0 fully saturated rings. The van der Waals surface area contributed by atoms with Gasteiger partial charge in [-0.15, -0.1) is 0 Å². The van der Waals surface area contributed by atoms with Crippen LogP contribution in [0.2, 0.25) is 0 Å². The highest BCUT2D eigenvalue weighted by atomic mass is 16.6. The van der Waals surface area contributed by atoms with E-state index in [0.717, 1.165) is 0 Å². The zero-order chi connectivity index (χ0) is 11.4. The second-order valence-corrected chi connectivity index (χ2v) is 3.33. The molecule has 0 aromatic carbocycles. The molecular weight excluding hydrogens is 202 g/mol. The number of hydrogen-bond acceptors (Lipinski definition) is 5. The van der Waals surface area contributed by atoms with Gasteiger partial charge in [-0.3, -0.25) is 10.1 Å². The smallest absolute Gasteiger partial charge is 0.382 e. The van der Waals surface area contributed by atoms with E-state index in [0.29, 0.717) is 0 Å². The Kier molecular flexibility index (Phi) is 3.79. The summed E-state index contributed by atoms with van der Waals surface area (Å²) in [7, 11) is 0. The maximum atomic E-state index is 11.3. The summed E-state index contributed by atoms with van der Waals surface area (Å²) in [5.74, 6) is -1.42. The van der Waals surface area contributed by atoms with E-state index in [9.17, 15) is 20.0 Å². The molecule has 1 aliphatic carbocycles. The summed E-state index contributed by atoms with van der Waals surface area (Å²) in [6.45, 7) is 1.70. The van der Waals surface area contributed by atoms with E-state index in [-0.39, 0.29) is 13.0 Å². The highest BCUT2D eigenvalue weighted by molar-refractivity contribution is 5.75. The molecule has 0 amide bonds. The Morgan fingerprint density at radius 2 is 2.40 bits per heavy atom. The van der Waals surface area contributed by atoms with Crippen LogP contribution in [0, 0.1) is 16.0 Å². The van der Waals surface area contributed by atoms with E-state index < -0.39 is 29.0 Å². The van der Waals surface area contributed by atoms with Crippen molar-refractivity contribution in [1.29, 1.82) is 0 Å². The number of rotatable bonds is 4. The summed E-state index contributed by atoms with van der Waals surface area (Å²) in [4.78, 5) is 21.3. The molecule has 0 bridgehead atoms. The van der Waals surface area contributed by atoms with E-state index in [1.165, 1.54) is 12.2 Å². The van der Waals surface area contributed by atoms with Gasteiger partial charge in [-0.05, 0) is 13.3 Å². The molecule has 1 aliphatic rings. The molecule has 0 aromatic rings. The van der Waals surface area contributed by atoms with Crippen LogP contribution in [0.25, 0.3) is 0 Å². The molecular formula is C9H13NO5. The van der Waals surface area contributed by atoms with Gasteiger partial charge in [-0.25, -0.2) is 4.79 Å². The summed E-state index contributed by atoms with van der Waals surface area (Å²) >= 11 is 0. The summed E-state index contributed by atoms with van der Waals surface area (Å²) in [6.07, 6.45) is 2.45. The van der Waals surface area contributed by atoms with Crippen LogP contribution >= 0.6 is 0 Å². The second kappa shape index (κ2) is 4.88. The van der Waals surface area contributed by atoms with E-state index in [4.69, 9.17) is 0 Å². The van der Waals surface area contributed by atoms with Crippen molar-refractivity contribution >= 4 is 5.97 Å². The van der Waals surface area contributed by atoms with Crippen LogP contribution in [0.4, 0.5) is 0 Å². The SMILES string of the molecule is CCOC(=O)C([C@H]1C=C[C@@H](O)C1)[N+](=O)[O-]. The first-order chi connectivity index (χ1) is 7.06. The third-order valence-corrected chi connectivity index (χ3v) is 2.25. The van der Waals surface area contributed by atoms with Gasteiger partial charge >= 0.3 is 12.0 Å². The second-order valence-electron chi connectivity index (χ2n) is 3.33. The fourth-order valence-electron chi connectivity index (χ4n) is 1.59. The van der Waals surface area contributed by atoms with Crippen LogP contribution in [0.5, 0.6) is 0 Å². The van der Waals surface area contributed by atoms with Crippen LogP contribution in [0.15, 0.2) is 12.2 Å². The standard InChI is InChI=1S/C9H13NO5/c1-2-15-9(12)8(10(13)14)6-3-4-7(11)5-6/h3-4,6-8,11H,2,5H2,1H3/t6-,7+,8?/m0/s1. The highest BCUT2D eigenvalue weighted by Gasteiger charge is 2.41. The Labute approximate surface area is 86.7 Å². The van der Waals surface area contributed by atoms with Crippen LogP contribution < -0.4 is 0 Å². The monoisotopic (exact) mass is 215 g/mol. The number of esters is 1. The van der Waals surface area contributed by atoms with Crippen LogP contribution in [-0.2, 0) is 9.53 Å². The molecule has 6 heteroatoms. The van der Waals surface area contributed by atoms with Gasteiger partial charge in [0, 0.05) is 4.92 Å². The fourth-order valence-corrected chi connectivity index (χ4v) is 1.59. The number of nitro groups is 1. The summed E-state index contributed by atoms with van der Waals surface area (Å²) in [5, 5.41) is 19.9. The average Bonchev–Trinajstić information content (AvgIpc) is 2.51. The lowest BCUT2D eigenvalue weighted by atomic mass is 9.99. The maximum absolute atomic E-state index is 11.3. The molecule has 1 rings (SSSR count). The molecule has 0 saturated carbocycles. The van der Waals surface area contributed by atoms with Gasteiger partial charge in [0.15, 0.2) is 0 Å². The number of carbonyl (C=O) groups is 1. The van der Waals surface area contributed by atoms with E-state index in [1.54, 1.807) is 6.92 Å². The normalized spacial score (nSPS) is 26.3. The Morgan fingerprint density at radius 3 is 2.80 bits per heavy atom. The van der Waals surface area contributed by atoms with E-state index in [1.807, 2.05) is 0 Å². The van der Waals surface area contributed by atoms with Crippen LogP contribution in [0.1, 0.15) is 13.3 Å². The Balaban J connectivity index is 2.71. The Morgan fingerprint density at radius 1 is 1.73 bits per heavy atom. The van der Waals surface area contributed by atoms with E-state index in [2.05, 4.69) is 4.74 Å². The molecule has 1 N–H and O–H groups in total. The van der Waals surface area contributed by atoms with Gasteiger partial charge in [-0.1, -0.05) is 12.2 Å². The predicted molar refractivity (Wildman–Crippen MR) is 50.7 cm³/mol. The maximum Gasteiger partial charge on any atom is 0.382 e. The van der Waals surface area contributed by atoms with Gasteiger partial charge in [0.05, 0.1) is 18.6 Å². The molecule has 6 nitrogen and oxygen atoms in total. The van der Waals surface area contributed by atoms with Crippen molar-refractivity contribution < 1.29 is 19.6 Å². The van der Waals surface area contributed by atoms with Gasteiger partial charge in [0.25, 0.3) is 0 Å². The number of hydrogen-bond donors (Lipinski definition) is 1. The van der Waals surface area contributed by atoms with Crippen LogP contribution in [-0.4, -0.2) is 34.8 Å². The first kappa shape index (κ1) is 11.6. The minimum atomic E-state index is -1.40. The van der Waals surface area contributed by atoms with Gasteiger partial charge < -0.3 is 9.84 Å². The lowest BCUT2D eigenvalue weighted by Gasteiger charge is -2.13. The third-order valence-electron chi connectivity index (χ3n) is 2.25. The number of aliphatic hydroxyl groups excluding tert-OH is 1. The molecule has 84 valence electrons. The lowest BCUT2D eigenvalue weighted by Crippen LogP contribution is -2.37. The summed E-state index contributed by atoms with van der Waals surface area (Å²) < 4.78 is 4.62. The molecule has 1 unspecified atom stereocenters. The van der Waals surface area contributed by atoms with Crippen molar-refractivity contribution in [3.05, 3.63) is 22.3 Å². The van der Waals surface area contributed by atoms with Crippen molar-refractivity contribution in [1.82, 2.24) is 0 Å². The molecule has 15 heavy (non-hydrogen) atoms. The average molecular weight is 215 g/mol. The van der Waals surface area contributed by atoms with Crippen molar-refractivity contribution in [2.75, 3.05) is 6.61 Å². The molecule has 0 saturated heterocycles. The van der Waals surface area contributed by atoms with Gasteiger partial charge in [-0.2, -0.15) is 0 Å². The minimum absolute atomic E-state index is 0.113. The largest absolute Gasteiger partial charge is 0.461 e. The molecule has 0 aromatic heterocycles. The van der Waals surface area contributed by atoms with Crippen molar-refractivity contribution in [3.63, 3.8) is 0 Å². The van der Waals surface area contributed by atoms with Crippen molar-refractivity contribution in [2.24, 2.45) is 5.92 Å². The number of ether oxygens (including phenoxy) is 1. The topological polar surface area (TPSA) is 89.7 Å². The van der Waals surface area contributed by atoms with Crippen molar-refractivity contribution in [2.45, 2.75) is 25.5 Å². The zero-order valence-corrected chi connectivity index (χ0v) is 8.33. The predicted octanol–water partition coefficient (Wildman–Crippen LogP) is 0.132. The number of aliphatic hydroxyl groups is 1. The molecule has 0 aliphatic heterocycles. The molecule has 0 radical (unpaired) electrons. The third kappa shape index (κ3) is 2.76. The van der Waals surface area contributed by atoms with Gasteiger partial charge in [0.2, 0.25) is 0 Å². The zero-order valence-electron chi connectivity index (χ0n) is 8.33. The van der Waals surface area contributed by atoms with Crippen molar-refractivity contribution in [3.8, 4) is 0 Å². The quantitative estimate of drug-likeness (QED) is 0.311. The molecule has 0 heterocycles. The van der Waals surface area contributed by atoms with Crippen LogP contribution in [0.3, 0.4) is 0 Å². The van der Waals surface area contributed by atoms with E-state index >= 15 is 0 Å². The molecule has 3 atom stereocenters. The van der Waals surface area contributed by atoms with Gasteiger partial charge in [0.1, 0.15) is 0 Å². The first-order valence-corrected chi connectivity index (χ1v) is 4.72. The Bertz CT molecular complexity index is 288. The Hall–Kier alpha value is -1.43. The highest BCUT2D eigenvalue weighted by Crippen LogP contribution is 2.23. The molecule has 0 spiro atoms. The number of nitrogens with zero attached hydrogens (tertiary/aromatic N) is 1. The first-order valence-electron chi connectivity index (χ1n) is 4.72. The fraction of sp³-hybridized carbons (Fsp3) is 0.667. The minimum Gasteiger partial charge on any atom is -0.461 e. The summed E-state index contributed by atoms with van der Waals surface area (Å²) in [6, 6.07) is -1.40.